The summed E-state index contributed by atoms with van der Waals surface area (Å²) in [7, 11) is -3.27. The molecule has 1 unspecified atom stereocenters. The summed E-state index contributed by atoms with van der Waals surface area (Å²) in [4.78, 5) is 23.1. The van der Waals surface area contributed by atoms with E-state index in [1.54, 1.807) is 20.8 Å². The third kappa shape index (κ3) is 5.80. The zero-order valence-corrected chi connectivity index (χ0v) is 14.1. The second kappa shape index (κ2) is 6.82. The minimum absolute atomic E-state index is 0.253. The van der Waals surface area contributed by atoms with Gasteiger partial charge in [-0.05, 0) is 39.5 Å². The van der Waals surface area contributed by atoms with Crippen molar-refractivity contribution >= 4 is 22.1 Å². The van der Waals surface area contributed by atoms with Crippen LogP contribution in [0, 0.1) is 5.92 Å². The minimum Gasteiger partial charge on any atom is -0.480 e. The van der Waals surface area contributed by atoms with Crippen LogP contribution in [0.4, 0.5) is 4.79 Å². The second-order valence-electron chi connectivity index (χ2n) is 6.46. The third-order valence-electron chi connectivity index (χ3n) is 3.38. The van der Waals surface area contributed by atoms with Crippen LogP contribution in [-0.4, -0.2) is 60.9 Å². The number of alkyl carbamates (subject to hydrolysis) is 1. The Morgan fingerprint density at radius 2 is 1.77 bits per heavy atom. The Kier molecular flexibility index (Phi) is 5.80. The van der Waals surface area contributed by atoms with Crippen LogP contribution in [0.15, 0.2) is 0 Å². The lowest BCUT2D eigenvalue weighted by Gasteiger charge is -2.33. The Bertz CT molecular complexity index is 517. The number of carbonyl (C=O) groups excluding carboxylic acids is 1. The number of carboxylic acid groups (broad SMARTS) is 1. The van der Waals surface area contributed by atoms with Crippen molar-refractivity contribution in [1.82, 2.24) is 9.62 Å². The minimum atomic E-state index is -3.27. The van der Waals surface area contributed by atoms with Crippen molar-refractivity contribution in [1.29, 1.82) is 0 Å². The van der Waals surface area contributed by atoms with Gasteiger partial charge in [0.2, 0.25) is 10.0 Å². The third-order valence-corrected chi connectivity index (χ3v) is 4.68. The lowest BCUT2D eigenvalue weighted by atomic mass is 9.90. The molecule has 0 aromatic heterocycles. The van der Waals surface area contributed by atoms with Crippen molar-refractivity contribution in [3.63, 3.8) is 0 Å². The van der Waals surface area contributed by atoms with Gasteiger partial charge < -0.3 is 15.2 Å². The van der Waals surface area contributed by atoms with E-state index in [1.807, 2.05) is 0 Å². The van der Waals surface area contributed by atoms with Gasteiger partial charge in [0.15, 0.2) is 0 Å². The molecule has 0 aromatic rings. The van der Waals surface area contributed by atoms with E-state index >= 15 is 0 Å². The SMILES string of the molecule is CC(C)(C)OC(=O)NC(C(=O)O)C1CCN(S(C)(=O)=O)CC1. The van der Waals surface area contributed by atoms with Gasteiger partial charge in [-0.3, -0.25) is 0 Å². The van der Waals surface area contributed by atoms with Gasteiger partial charge in [0.05, 0.1) is 6.26 Å². The number of nitrogens with one attached hydrogen (secondary N) is 1. The number of carbonyl (C=O) groups is 2. The van der Waals surface area contributed by atoms with Crippen LogP contribution < -0.4 is 5.32 Å². The highest BCUT2D eigenvalue weighted by molar-refractivity contribution is 7.88. The van der Waals surface area contributed by atoms with Crippen LogP contribution in [0.5, 0.6) is 0 Å². The summed E-state index contributed by atoms with van der Waals surface area (Å²) in [5.74, 6) is -1.48. The Labute approximate surface area is 130 Å². The Balaban J connectivity index is 2.66. The first-order chi connectivity index (χ1) is 9.90. The molecule has 8 nitrogen and oxygen atoms in total. The predicted molar refractivity (Wildman–Crippen MR) is 79.9 cm³/mol. The van der Waals surface area contributed by atoms with Crippen LogP contribution in [-0.2, 0) is 19.6 Å². The molecule has 1 heterocycles. The van der Waals surface area contributed by atoms with Crippen molar-refractivity contribution < 1.29 is 27.9 Å². The molecule has 0 aliphatic carbocycles. The van der Waals surface area contributed by atoms with E-state index in [0.29, 0.717) is 12.8 Å². The molecule has 0 bridgehead atoms. The van der Waals surface area contributed by atoms with Crippen molar-refractivity contribution in [2.75, 3.05) is 19.3 Å². The van der Waals surface area contributed by atoms with Gasteiger partial charge in [0.25, 0.3) is 0 Å². The van der Waals surface area contributed by atoms with E-state index in [-0.39, 0.29) is 19.0 Å². The molecule has 1 aliphatic rings. The van der Waals surface area contributed by atoms with E-state index in [4.69, 9.17) is 4.74 Å². The van der Waals surface area contributed by atoms with Gasteiger partial charge in [-0.2, -0.15) is 0 Å². The molecule has 1 rings (SSSR count). The number of hydrogen-bond donors (Lipinski definition) is 2. The molecule has 1 fully saturated rings. The van der Waals surface area contributed by atoms with Crippen LogP contribution in [0.2, 0.25) is 0 Å². The fourth-order valence-electron chi connectivity index (χ4n) is 2.36. The molecular formula is C13H24N2O6S. The van der Waals surface area contributed by atoms with Crippen LogP contribution in [0.1, 0.15) is 33.6 Å². The molecule has 22 heavy (non-hydrogen) atoms. The van der Waals surface area contributed by atoms with Gasteiger partial charge >= 0.3 is 12.1 Å². The summed E-state index contributed by atoms with van der Waals surface area (Å²) in [6.07, 6.45) is 1.09. The van der Waals surface area contributed by atoms with Gasteiger partial charge in [0.1, 0.15) is 11.6 Å². The molecule has 1 amide bonds. The van der Waals surface area contributed by atoms with Gasteiger partial charge in [-0.15, -0.1) is 0 Å². The predicted octanol–water partition coefficient (Wildman–Crippen LogP) is 0.636. The topological polar surface area (TPSA) is 113 Å². The fourth-order valence-corrected chi connectivity index (χ4v) is 3.23. The number of hydrogen-bond acceptors (Lipinski definition) is 5. The average Bonchev–Trinajstić information content (AvgIpc) is 2.32. The molecule has 0 radical (unpaired) electrons. The highest BCUT2D eigenvalue weighted by atomic mass is 32.2. The molecule has 9 heteroatoms. The molecule has 1 saturated heterocycles. The number of carboxylic acids is 1. The normalized spacial score (nSPS) is 19.5. The summed E-state index contributed by atoms with van der Waals surface area (Å²) in [5.41, 5.74) is -0.715. The Morgan fingerprint density at radius 3 is 2.14 bits per heavy atom. The maximum atomic E-state index is 11.7. The molecule has 0 saturated carbocycles. The number of sulfonamides is 1. The van der Waals surface area contributed by atoms with Crippen LogP contribution in [0.25, 0.3) is 0 Å². The molecule has 2 N–H and O–H groups in total. The van der Waals surface area contributed by atoms with Crippen molar-refractivity contribution in [3.8, 4) is 0 Å². The summed E-state index contributed by atoms with van der Waals surface area (Å²) >= 11 is 0. The van der Waals surface area contributed by atoms with Crippen LogP contribution in [0.3, 0.4) is 0 Å². The van der Waals surface area contributed by atoms with E-state index in [1.165, 1.54) is 4.31 Å². The van der Waals surface area contributed by atoms with Gasteiger partial charge in [0, 0.05) is 13.1 Å². The van der Waals surface area contributed by atoms with Crippen molar-refractivity contribution in [2.45, 2.75) is 45.3 Å². The maximum absolute atomic E-state index is 11.7. The lowest BCUT2D eigenvalue weighted by Crippen LogP contribution is -2.51. The lowest BCUT2D eigenvalue weighted by molar-refractivity contribution is -0.141. The number of piperidine rings is 1. The number of aliphatic carboxylic acids is 1. The van der Waals surface area contributed by atoms with E-state index in [9.17, 15) is 23.1 Å². The highest BCUT2D eigenvalue weighted by Crippen LogP contribution is 2.23. The zero-order chi connectivity index (χ0) is 17.1. The number of rotatable bonds is 4. The summed E-state index contributed by atoms with van der Waals surface area (Å²) < 4.78 is 29.3. The van der Waals surface area contributed by atoms with E-state index in [2.05, 4.69) is 5.32 Å². The Morgan fingerprint density at radius 1 is 1.27 bits per heavy atom. The van der Waals surface area contributed by atoms with Crippen LogP contribution >= 0.6 is 0 Å². The second-order valence-corrected chi connectivity index (χ2v) is 8.44. The quantitative estimate of drug-likeness (QED) is 0.779. The number of amides is 1. The zero-order valence-electron chi connectivity index (χ0n) is 13.3. The van der Waals surface area contributed by atoms with Crippen molar-refractivity contribution in [2.24, 2.45) is 5.92 Å². The molecule has 128 valence electrons. The van der Waals surface area contributed by atoms with Crippen molar-refractivity contribution in [3.05, 3.63) is 0 Å². The van der Waals surface area contributed by atoms with E-state index < -0.39 is 33.7 Å². The first-order valence-electron chi connectivity index (χ1n) is 7.07. The van der Waals surface area contributed by atoms with Gasteiger partial charge in [-0.1, -0.05) is 0 Å². The first-order valence-corrected chi connectivity index (χ1v) is 8.92. The summed E-state index contributed by atoms with van der Waals surface area (Å²) in [6, 6.07) is -1.09. The largest absolute Gasteiger partial charge is 0.480 e. The molecule has 1 aliphatic heterocycles. The van der Waals surface area contributed by atoms with Gasteiger partial charge in [-0.25, -0.2) is 22.3 Å². The maximum Gasteiger partial charge on any atom is 0.408 e. The smallest absolute Gasteiger partial charge is 0.408 e. The fraction of sp³-hybridized carbons (Fsp3) is 0.846. The summed E-state index contributed by atoms with van der Waals surface area (Å²) in [6.45, 7) is 5.57. The summed E-state index contributed by atoms with van der Waals surface area (Å²) in [5, 5.41) is 11.7. The highest BCUT2D eigenvalue weighted by Gasteiger charge is 2.35. The number of nitrogens with zero attached hydrogens (tertiary/aromatic N) is 1. The average molecular weight is 336 g/mol. The molecule has 0 spiro atoms. The Hall–Kier alpha value is -1.35. The molecule has 1 atom stereocenters. The monoisotopic (exact) mass is 336 g/mol. The first kappa shape index (κ1) is 18.7. The standard InChI is InChI=1S/C13H24N2O6S/c1-13(2,3)21-12(18)14-10(11(16)17)9-5-7-15(8-6-9)22(4,19)20/h9-10H,5-8H2,1-4H3,(H,14,18)(H,16,17). The molecule has 0 aromatic carbocycles. The van der Waals surface area contributed by atoms with E-state index in [0.717, 1.165) is 6.26 Å². The number of ether oxygens (including phenoxy) is 1. The molecular weight excluding hydrogens is 312 g/mol.